The van der Waals surface area contributed by atoms with Crippen molar-refractivity contribution in [2.45, 2.75) is 19.4 Å². The molecule has 70 valence electrons. The molecular weight excluding hydrogens is 168 g/mol. The Labute approximate surface area is 76.9 Å². The molecule has 1 aromatic rings. The smallest absolute Gasteiger partial charge is 0.232 e. The van der Waals surface area contributed by atoms with Gasteiger partial charge in [-0.05, 0) is 6.92 Å². The third kappa shape index (κ3) is 2.15. The second-order valence-electron chi connectivity index (χ2n) is 3.10. The zero-order valence-corrected chi connectivity index (χ0v) is 7.56. The number of aromatic nitrogens is 2. The predicted octanol–water partition coefficient (Wildman–Crippen LogP) is 0.953. The standard InChI is InChI=1S/C9H12N2O2/c1-7-4-10-5-9(11-7)13-8-2-3-12-6-8/h4-5,8H,2-3,6H2,1H3. The minimum Gasteiger partial charge on any atom is -0.471 e. The van der Waals surface area contributed by atoms with Crippen molar-refractivity contribution in [3.63, 3.8) is 0 Å². The van der Waals surface area contributed by atoms with Crippen molar-refractivity contribution in [2.24, 2.45) is 0 Å². The maximum Gasteiger partial charge on any atom is 0.232 e. The van der Waals surface area contributed by atoms with Gasteiger partial charge in [-0.1, -0.05) is 0 Å². The van der Waals surface area contributed by atoms with Gasteiger partial charge in [0, 0.05) is 12.6 Å². The Bertz CT molecular complexity index is 285. The fourth-order valence-electron chi connectivity index (χ4n) is 1.27. The largest absolute Gasteiger partial charge is 0.471 e. The second kappa shape index (κ2) is 3.70. The highest BCUT2D eigenvalue weighted by molar-refractivity contribution is 5.07. The van der Waals surface area contributed by atoms with Crippen molar-refractivity contribution in [3.8, 4) is 5.88 Å². The summed E-state index contributed by atoms with van der Waals surface area (Å²) in [7, 11) is 0. The van der Waals surface area contributed by atoms with Crippen molar-refractivity contribution < 1.29 is 9.47 Å². The summed E-state index contributed by atoms with van der Waals surface area (Å²) in [6.45, 7) is 3.34. The molecule has 0 aliphatic carbocycles. The fraction of sp³-hybridized carbons (Fsp3) is 0.556. The van der Waals surface area contributed by atoms with Crippen LogP contribution in [0.4, 0.5) is 0 Å². The molecule has 1 aliphatic rings. The fourth-order valence-corrected chi connectivity index (χ4v) is 1.27. The summed E-state index contributed by atoms with van der Waals surface area (Å²) < 4.78 is 10.7. The number of ether oxygens (including phenoxy) is 2. The van der Waals surface area contributed by atoms with Crippen LogP contribution in [0.1, 0.15) is 12.1 Å². The van der Waals surface area contributed by atoms with E-state index in [2.05, 4.69) is 9.97 Å². The highest BCUT2D eigenvalue weighted by Crippen LogP contribution is 2.13. The molecule has 1 unspecified atom stereocenters. The molecule has 4 nitrogen and oxygen atoms in total. The van der Waals surface area contributed by atoms with Gasteiger partial charge in [-0.2, -0.15) is 0 Å². The lowest BCUT2D eigenvalue weighted by Crippen LogP contribution is -2.16. The lowest BCUT2D eigenvalue weighted by molar-refractivity contribution is 0.137. The van der Waals surface area contributed by atoms with Crippen molar-refractivity contribution >= 4 is 0 Å². The molecule has 13 heavy (non-hydrogen) atoms. The zero-order chi connectivity index (χ0) is 9.10. The Hall–Kier alpha value is -1.16. The van der Waals surface area contributed by atoms with E-state index in [1.807, 2.05) is 6.92 Å². The first kappa shape index (κ1) is 8.44. The highest BCUT2D eigenvalue weighted by Gasteiger charge is 2.17. The summed E-state index contributed by atoms with van der Waals surface area (Å²) in [4.78, 5) is 8.19. The summed E-state index contributed by atoms with van der Waals surface area (Å²) in [5, 5.41) is 0. The summed E-state index contributed by atoms with van der Waals surface area (Å²) in [5.74, 6) is 0.593. The first-order valence-electron chi connectivity index (χ1n) is 4.37. The first-order valence-corrected chi connectivity index (χ1v) is 4.37. The number of hydrogen-bond donors (Lipinski definition) is 0. The van der Waals surface area contributed by atoms with Crippen LogP contribution in [0.3, 0.4) is 0 Å². The quantitative estimate of drug-likeness (QED) is 0.679. The van der Waals surface area contributed by atoms with E-state index in [9.17, 15) is 0 Å². The Kier molecular flexibility index (Phi) is 2.40. The average Bonchev–Trinajstić information content (AvgIpc) is 2.57. The lowest BCUT2D eigenvalue weighted by atomic mass is 10.3. The van der Waals surface area contributed by atoms with Crippen molar-refractivity contribution in [2.75, 3.05) is 13.2 Å². The van der Waals surface area contributed by atoms with E-state index >= 15 is 0 Å². The van der Waals surface area contributed by atoms with Gasteiger partial charge in [0.15, 0.2) is 0 Å². The summed E-state index contributed by atoms with van der Waals surface area (Å²) in [6.07, 6.45) is 4.43. The van der Waals surface area contributed by atoms with Crippen LogP contribution in [0.15, 0.2) is 12.4 Å². The number of hydrogen-bond acceptors (Lipinski definition) is 4. The molecule has 0 bridgehead atoms. The van der Waals surface area contributed by atoms with Crippen LogP contribution in [0, 0.1) is 6.92 Å². The van der Waals surface area contributed by atoms with Crippen LogP contribution < -0.4 is 4.74 Å². The predicted molar refractivity (Wildman–Crippen MR) is 46.6 cm³/mol. The van der Waals surface area contributed by atoms with Gasteiger partial charge >= 0.3 is 0 Å². The molecule has 0 radical (unpaired) electrons. The topological polar surface area (TPSA) is 44.2 Å². The molecular formula is C9H12N2O2. The van der Waals surface area contributed by atoms with Crippen LogP contribution >= 0.6 is 0 Å². The molecule has 2 rings (SSSR count). The van der Waals surface area contributed by atoms with Gasteiger partial charge in [-0.25, -0.2) is 4.98 Å². The number of rotatable bonds is 2. The Morgan fingerprint density at radius 2 is 2.46 bits per heavy atom. The molecule has 0 spiro atoms. The summed E-state index contributed by atoms with van der Waals surface area (Å²) in [6, 6.07) is 0. The minimum absolute atomic E-state index is 0.149. The van der Waals surface area contributed by atoms with Crippen LogP contribution in [-0.2, 0) is 4.74 Å². The summed E-state index contributed by atoms with van der Waals surface area (Å²) >= 11 is 0. The molecule has 1 saturated heterocycles. The second-order valence-corrected chi connectivity index (χ2v) is 3.10. The van der Waals surface area contributed by atoms with Gasteiger partial charge in [0.05, 0.1) is 25.1 Å². The van der Waals surface area contributed by atoms with Gasteiger partial charge in [-0.3, -0.25) is 4.98 Å². The van der Waals surface area contributed by atoms with Gasteiger partial charge in [0.2, 0.25) is 5.88 Å². The molecule has 0 N–H and O–H groups in total. The molecule has 1 fully saturated rings. The molecule has 0 saturated carbocycles. The molecule has 1 aliphatic heterocycles. The minimum atomic E-state index is 0.149. The van der Waals surface area contributed by atoms with Gasteiger partial charge in [0.1, 0.15) is 6.10 Å². The van der Waals surface area contributed by atoms with Crippen molar-refractivity contribution in [1.82, 2.24) is 9.97 Å². The van der Waals surface area contributed by atoms with E-state index in [1.54, 1.807) is 12.4 Å². The van der Waals surface area contributed by atoms with Gasteiger partial charge < -0.3 is 9.47 Å². The molecule has 2 heterocycles. The third-order valence-electron chi connectivity index (χ3n) is 1.91. The van der Waals surface area contributed by atoms with E-state index in [0.717, 1.165) is 18.7 Å². The van der Waals surface area contributed by atoms with Crippen LogP contribution in [0.2, 0.25) is 0 Å². The van der Waals surface area contributed by atoms with E-state index in [-0.39, 0.29) is 6.10 Å². The Morgan fingerprint density at radius 3 is 3.15 bits per heavy atom. The average molecular weight is 180 g/mol. The molecule has 0 aromatic carbocycles. The Balaban J connectivity index is 2.00. The molecule has 0 amide bonds. The van der Waals surface area contributed by atoms with E-state index < -0.39 is 0 Å². The lowest BCUT2D eigenvalue weighted by Gasteiger charge is -2.09. The van der Waals surface area contributed by atoms with Crippen LogP contribution in [-0.4, -0.2) is 29.3 Å². The summed E-state index contributed by atoms with van der Waals surface area (Å²) in [5.41, 5.74) is 0.872. The van der Waals surface area contributed by atoms with Crippen LogP contribution in [0.25, 0.3) is 0 Å². The monoisotopic (exact) mass is 180 g/mol. The first-order chi connectivity index (χ1) is 6.34. The van der Waals surface area contributed by atoms with Crippen molar-refractivity contribution in [1.29, 1.82) is 0 Å². The van der Waals surface area contributed by atoms with Crippen LogP contribution in [0.5, 0.6) is 5.88 Å². The molecule has 1 aromatic heterocycles. The van der Waals surface area contributed by atoms with E-state index in [0.29, 0.717) is 12.5 Å². The SMILES string of the molecule is Cc1cncc(OC2CCOC2)n1. The van der Waals surface area contributed by atoms with Gasteiger partial charge in [-0.15, -0.1) is 0 Å². The molecule has 1 atom stereocenters. The van der Waals surface area contributed by atoms with E-state index in [4.69, 9.17) is 9.47 Å². The number of nitrogens with zero attached hydrogens (tertiary/aromatic N) is 2. The maximum absolute atomic E-state index is 5.56. The number of aryl methyl sites for hydroxylation is 1. The Morgan fingerprint density at radius 1 is 1.54 bits per heavy atom. The molecule has 4 heteroatoms. The highest BCUT2D eigenvalue weighted by atomic mass is 16.5. The normalized spacial score (nSPS) is 21.8. The zero-order valence-electron chi connectivity index (χ0n) is 7.56. The van der Waals surface area contributed by atoms with Gasteiger partial charge in [0.25, 0.3) is 0 Å². The van der Waals surface area contributed by atoms with Crippen molar-refractivity contribution in [3.05, 3.63) is 18.1 Å². The van der Waals surface area contributed by atoms with E-state index in [1.165, 1.54) is 0 Å². The third-order valence-corrected chi connectivity index (χ3v) is 1.91. The maximum atomic E-state index is 5.56.